The third-order valence-electron chi connectivity index (χ3n) is 8.06. The molecule has 1 aliphatic rings. The van der Waals surface area contributed by atoms with Crippen LogP contribution in [0, 0.1) is 0 Å². The molecule has 0 spiro atoms. The SMILES string of the molecule is O=C(Nc1ccccc1-c1ccccc1)c1ccc(N2C(=O)c3ccc(C(=O)Nc4ccccc4-c4ccccc4)cc3C2=O)cc1. The summed E-state index contributed by atoms with van der Waals surface area (Å²) in [6, 6.07) is 45.2. The van der Waals surface area contributed by atoms with Crippen molar-refractivity contribution < 1.29 is 19.2 Å². The predicted molar refractivity (Wildman–Crippen MR) is 184 cm³/mol. The minimum absolute atomic E-state index is 0.137. The fraction of sp³-hybridized carbons (Fsp3) is 0. The molecule has 0 atom stereocenters. The highest BCUT2D eigenvalue weighted by molar-refractivity contribution is 6.35. The van der Waals surface area contributed by atoms with Gasteiger partial charge in [-0.3, -0.25) is 19.2 Å². The molecule has 0 unspecified atom stereocenters. The van der Waals surface area contributed by atoms with E-state index in [1.54, 1.807) is 24.3 Å². The molecule has 7 rings (SSSR count). The van der Waals surface area contributed by atoms with Crippen LogP contribution in [0.15, 0.2) is 152 Å². The Morgan fingerprint density at radius 2 is 0.872 bits per heavy atom. The van der Waals surface area contributed by atoms with Gasteiger partial charge < -0.3 is 10.6 Å². The van der Waals surface area contributed by atoms with Gasteiger partial charge >= 0.3 is 0 Å². The van der Waals surface area contributed by atoms with Crippen molar-refractivity contribution in [1.29, 1.82) is 0 Å². The smallest absolute Gasteiger partial charge is 0.266 e. The largest absolute Gasteiger partial charge is 0.321 e. The molecule has 6 aromatic carbocycles. The average Bonchev–Trinajstić information content (AvgIpc) is 3.37. The molecular formula is C40H27N3O4. The first-order valence-electron chi connectivity index (χ1n) is 15.0. The number of hydrogen-bond donors (Lipinski definition) is 2. The topological polar surface area (TPSA) is 95.6 Å². The summed E-state index contributed by atoms with van der Waals surface area (Å²) in [5.41, 5.74) is 6.23. The molecule has 0 aromatic heterocycles. The number of imide groups is 1. The van der Waals surface area contributed by atoms with E-state index in [0.717, 1.165) is 27.2 Å². The maximum absolute atomic E-state index is 13.5. The van der Waals surface area contributed by atoms with Crippen LogP contribution in [0.1, 0.15) is 41.4 Å². The van der Waals surface area contributed by atoms with Gasteiger partial charge in [-0.2, -0.15) is 0 Å². The lowest BCUT2D eigenvalue weighted by Crippen LogP contribution is -2.29. The van der Waals surface area contributed by atoms with Crippen LogP contribution in [0.5, 0.6) is 0 Å². The van der Waals surface area contributed by atoms with Crippen LogP contribution >= 0.6 is 0 Å². The second-order valence-corrected chi connectivity index (χ2v) is 11.0. The van der Waals surface area contributed by atoms with Crippen molar-refractivity contribution >= 4 is 40.7 Å². The van der Waals surface area contributed by atoms with Crippen molar-refractivity contribution in [3.05, 3.63) is 174 Å². The van der Waals surface area contributed by atoms with E-state index in [-0.39, 0.29) is 22.6 Å². The molecule has 0 radical (unpaired) electrons. The lowest BCUT2D eigenvalue weighted by atomic mass is 10.0. The molecule has 47 heavy (non-hydrogen) atoms. The fourth-order valence-corrected chi connectivity index (χ4v) is 5.69. The van der Waals surface area contributed by atoms with Gasteiger partial charge in [-0.15, -0.1) is 0 Å². The summed E-state index contributed by atoms with van der Waals surface area (Å²) in [5, 5.41) is 5.91. The zero-order valence-electron chi connectivity index (χ0n) is 25.0. The number of amides is 4. The van der Waals surface area contributed by atoms with Crippen molar-refractivity contribution in [3.63, 3.8) is 0 Å². The Balaban J connectivity index is 1.08. The summed E-state index contributed by atoms with van der Waals surface area (Å²) in [6.07, 6.45) is 0. The van der Waals surface area contributed by atoms with Gasteiger partial charge in [0.2, 0.25) is 0 Å². The fourth-order valence-electron chi connectivity index (χ4n) is 5.69. The minimum atomic E-state index is -0.543. The van der Waals surface area contributed by atoms with E-state index in [1.165, 1.54) is 18.2 Å². The van der Waals surface area contributed by atoms with E-state index < -0.39 is 17.7 Å². The van der Waals surface area contributed by atoms with Gasteiger partial charge in [0, 0.05) is 33.6 Å². The number of carbonyl (C=O) groups is 4. The summed E-state index contributed by atoms with van der Waals surface area (Å²) < 4.78 is 0. The summed E-state index contributed by atoms with van der Waals surface area (Å²) in [4.78, 5) is 54.4. The number of nitrogens with one attached hydrogen (secondary N) is 2. The van der Waals surface area contributed by atoms with Crippen molar-refractivity contribution in [3.8, 4) is 22.3 Å². The van der Waals surface area contributed by atoms with Gasteiger partial charge in [0.1, 0.15) is 0 Å². The highest BCUT2D eigenvalue weighted by Crippen LogP contribution is 2.32. The van der Waals surface area contributed by atoms with Gasteiger partial charge in [0.25, 0.3) is 23.6 Å². The van der Waals surface area contributed by atoms with E-state index in [1.807, 2.05) is 109 Å². The quantitative estimate of drug-likeness (QED) is 0.177. The molecule has 0 saturated carbocycles. The van der Waals surface area contributed by atoms with Crippen LogP contribution < -0.4 is 15.5 Å². The average molecular weight is 614 g/mol. The van der Waals surface area contributed by atoms with Crippen molar-refractivity contribution in [2.24, 2.45) is 0 Å². The van der Waals surface area contributed by atoms with Gasteiger partial charge in [-0.05, 0) is 65.7 Å². The van der Waals surface area contributed by atoms with Crippen LogP contribution in [0.3, 0.4) is 0 Å². The summed E-state index contributed by atoms with van der Waals surface area (Å²) in [5.74, 6) is -1.77. The second kappa shape index (κ2) is 12.4. The number of para-hydroxylation sites is 2. The number of fused-ring (bicyclic) bond motifs is 1. The van der Waals surface area contributed by atoms with Crippen molar-refractivity contribution in [2.45, 2.75) is 0 Å². The Labute approximate surface area is 271 Å². The van der Waals surface area contributed by atoms with Gasteiger partial charge in [0.05, 0.1) is 16.8 Å². The van der Waals surface area contributed by atoms with Crippen molar-refractivity contribution in [2.75, 3.05) is 15.5 Å². The van der Waals surface area contributed by atoms with Crippen LogP contribution in [-0.2, 0) is 0 Å². The van der Waals surface area contributed by atoms with E-state index in [4.69, 9.17) is 0 Å². The van der Waals surface area contributed by atoms with E-state index >= 15 is 0 Å². The molecule has 226 valence electrons. The van der Waals surface area contributed by atoms with E-state index in [2.05, 4.69) is 10.6 Å². The van der Waals surface area contributed by atoms with Crippen LogP contribution in [0.4, 0.5) is 17.1 Å². The zero-order chi connectivity index (χ0) is 32.3. The van der Waals surface area contributed by atoms with Gasteiger partial charge in [-0.25, -0.2) is 4.90 Å². The van der Waals surface area contributed by atoms with Gasteiger partial charge in [-0.1, -0.05) is 97.1 Å². The first-order chi connectivity index (χ1) is 23.0. The maximum Gasteiger partial charge on any atom is 0.266 e. The Bertz CT molecular complexity index is 2160. The lowest BCUT2D eigenvalue weighted by molar-refractivity contribution is 0.0924. The molecular weight excluding hydrogens is 586 g/mol. The third-order valence-corrected chi connectivity index (χ3v) is 8.06. The standard InChI is InChI=1S/C40H27N3O4/c44-37(41-35-17-9-7-15-31(35)26-11-3-1-4-12-26)28-19-22-30(23-20-28)43-39(46)33-24-21-29(25-34(33)40(43)47)38(45)42-36-18-10-8-16-32(36)27-13-5-2-6-14-27/h1-25H,(H,41,44)(H,42,45). The number of carbonyl (C=O) groups excluding carboxylic acids is 4. The van der Waals surface area contributed by atoms with Gasteiger partial charge in [0.15, 0.2) is 0 Å². The number of anilines is 3. The number of nitrogens with zero attached hydrogens (tertiary/aromatic N) is 1. The number of benzene rings is 6. The Morgan fingerprint density at radius 3 is 1.43 bits per heavy atom. The number of rotatable bonds is 7. The zero-order valence-corrected chi connectivity index (χ0v) is 25.0. The highest BCUT2D eigenvalue weighted by Gasteiger charge is 2.37. The summed E-state index contributed by atoms with van der Waals surface area (Å²) in [6.45, 7) is 0. The molecule has 7 heteroatoms. The molecule has 2 N–H and O–H groups in total. The molecule has 0 fully saturated rings. The molecule has 1 heterocycles. The molecule has 1 aliphatic heterocycles. The van der Waals surface area contributed by atoms with Crippen LogP contribution in [0.25, 0.3) is 22.3 Å². The first-order valence-corrected chi connectivity index (χ1v) is 15.0. The summed E-state index contributed by atoms with van der Waals surface area (Å²) >= 11 is 0. The minimum Gasteiger partial charge on any atom is -0.321 e. The van der Waals surface area contributed by atoms with Crippen molar-refractivity contribution in [1.82, 2.24) is 0 Å². The third kappa shape index (κ3) is 5.69. The van der Waals surface area contributed by atoms with Crippen LogP contribution in [0.2, 0.25) is 0 Å². The molecule has 0 saturated heterocycles. The summed E-state index contributed by atoms with van der Waals surface area (Å²) in [7, 11) is 0. The molecule has 0 aliphatic carbocycles. The lowest BCUT2D eigenvalue weighted by Gasteiger charge is -2.15. The Kier molecular flexibility index (Phi) is 7.70. The first kappa shape index (κ1) is 29.1. The second-order valence-electron chi connectivity index (χ2n) is 11.0. The number of hydrogen-bond acceptors (Lipinski definition) is 4. The monoisotopic (exact) mass is 613 g/mol. The van der Waals surface area contributed by atoms with Crippen LogP contribution in [-0.4, -0.2) is 23.6 Å². The Hall–Kier alpha value is -6.60. The molecule has 0 bridgehead atoms. The molecule has 7 nitrogen and oxygen atoms in total. The van der Waals surface area contributed by atoms with E-state index in [0.29, 0.717) is 22.6 Å². The molecule has 6 aromatic rings. The molecule has 4 amide bonds. The Morgan fingerprint density at radius 1 is 0.426 bits per heavy atom. The highest BCUT2D eigenvalue weighted by atomic mass is 16.2. The van der Waals surface area contributed by atoms with E-state index in [9.17, 15) is 19.2 Å². The normalized spacial score (nSPS) is 12.0. The maximum atomic E-state index is 13.5. The predicted octanol–water partition coefficient (Wildman–Crippen LogP) is 8.33.